The van der Waals surface area contributed by atoms with Crippen molar-refractivity contribution in [1.29, 1.82) is 0 Å². The molecule has 0 spiro atoms. The summed E-state index contributed by atoms with van der Waals surface area (Å²) in [4.78, 5) is 25.2. The smallest absolute Gasteiger partial charge is 0.410 e. The van der Waals surface area contributed by atoms with Gasteiger partial charge < -0.3 is 14.4 Å². The second-order valence-electron chi connectivity index (χ2n) is 9.27. The molecule has 1 amide bonds. The summed E-state index contributed by atoms with van der Waals surface area (Å²) in [6, 6.07) is 14.8. The molecule has 2 aromatic rings. The number of benzene rings is 2. The normalized spacial score (nSPS) is 14.8. The number of carbonyl (C=O) groups is 1. The van der Waals surface area contributed by atoms with Gasteiger partial charge in [0.15, 0.2) is 0 Å². The minimum absolute atomic E-state index is 0.128. The zero-order valence-electron chi connectivity index (χ0n) is 19.1. The van der Waals surface area contributed by atoms with Gasteiger partial charge in [-0.05, 0) is 70.1 Å². The van der Waals surface area contributed by atoms with E-state index in [0.29, 0.717) is 43.3 Å². The summed E-state index contributed by atoms with van der Waals surface area (Å²) in [6.07, 6.45) is 2.92. The van der Waals surface area contributed by atoms with Gasteiger partial charge in [0.1, 0.15) is 18.0 Å². The van der Waals surface area contributed by atoms with Crippen LogP contribution in [0.4, 0.5) is 10.5 Å². The third-order valence-corrected chi connectivity index (χ3v) is 5.58. The SMILES string of the molecule is CC(C)(C)OC(=O)N1CCC(CCc2cc(OCc3ccccc3)ccc2[N+](=O)[O-])CC1. The van der Waals surface area contributed by atoms with Crippen molar-refractivity contribution in [2.45, 2.75) is 58.7 Å². The second-order valence-corrected chi connectivity index (χ2v) is 9.27. The molecule has 0 unspecified atom stereocenters. The number of nitro groups is 1. The molecule has 1 aliphatic rings. The van der Waals surface area contributed by atoms with E-state index in [9.17, 15) is 14.9 Å². The lowest BCUT2D eigenvalue weighted by Crippen LogP contribution is -2.41. The fourth-order valence-corrected chi connectivity index (χ4v) is 3.86. The molecule has 7 nitrogen and oxygen atoms in total. The van der Waals surface area contributed by atoms with Crippen molar-refractivity contribution in [3.8, 4) is 5.75 Å². The molecule has 0 bridgehead atoms. The molecular formula is C25H32N2O5. The summed E-state index contributed by atoms with van der Waals surface area (Å²) in [7, 11) is 0. The number of hydrogen-bond acceptors (Lipinski definition) is 5. The average molecular weight is 441 g/mol. The van der Waals surface area contributed by atoms with Crippen LogP contribution in [0.1, 0.15) is 51.2 Å². The number of carbonyl (C=O) groups excluding carboxylic acids is 1. The van der Waals surface area contributed by atoms with Crippen LogP contribution in [0.25, 0.3) is 0 Å². The molecule has 0 radical (unpaired) electrons. The van der Waals surface area contributed by atoms with E-state index in [2.05, 4.69) is 0 Å². The van der Waals surface area contributed by atoms with E-state index in [1.165, 1.54) is 6.07 Å². The van der Waals surface area contributed by atoms with Crippen molar-refractivity contribution in [2.24, 2.45) is 5.92 Å². The first-order chi connectivity index (χ1) is 15.2. The Hall–Kier alpha value is -3.09. The van der Waals surface area contributed by atoms with Crippen LogP contribution < -0.4 is 4.74 Å². The van der Waals surface area contributed by atoms with Crippen molar-refractivity contribution in [3.05, 3.63) is 69.8 Å². The molecule has 3 rings (SSSR count). The number of ether oxygens (including phenoxy) is 2. The standard InChI is InChI=1S/C25H32N2O5/c1-25(2,3)32-24(28)26-15-13-19(14-16-26)9-10-21-17-22(11-12-23(21)27(29)30)31-18-20-7-5-4-6-8-20/h4-8,11-12,17,19H,9-10,13-16,18H2,1-3H3. The highest BCUT2D eigenvalue weighted by molar-refractivity contribution is 5.68. The highest BCUT2D eigenvalue weighted by Crippen LogP contribution is 2.29. The van der Waals surface area contributed by atoms with Crippen molar-refractivity contribution in [2.75, 3.05) is 13.1 Å². The molecule has 1 fully saturated rings. The van der Waals surface area contributed by atoms with Gasteiger partial charge in [-0.1, -0.05) is 30.3 Å². The number of nitrogens with zero attached hydrogens (tertiary/aromatic N) is 2. The van der Waals surface area contributed by atoms with E-state index in [-0.39, 0.29) is 16.7 Å². The lowest BCUT2D eigenvalue weighted by atomic mass is 9.90. The summed E-state index contributed by atoms with van der Waals surface area (Å²) in [5.74, 6) is 1.05. The Morgan fingerprint density at radius 3 is 2.44 bits per heavy atom. The van der Waals surface area contributed by atoms with Crippen molar-refractivity contribution >= 4 is 11.8 Å². The highest BCUT2D eigenvalue weighted by atomic mass is 16.6. The van der Waals surface area contributed by atoms with Gasteiger partial charge >= 0.3 is 6.09 Å². The molecule has 2 aromatic carbocycles. The number of likely N-dealkylation sites (tertiary alicyclic amines) is 1. The number of rotatable bonds is 7. The predicted molar refractivity (Wildman–Crippen MR) is 123 cm³/mol. The lowest BCUT2D eigenvalue weighted by molar-refractivity contribution is -0.385. The van der Waals surface area contributed by atoms with Crippen LogP contribution in [0.15, 0.2) is 48.5 Å². The van der Waals surface area contributed by atoms with Crippen LogP contribution in [-0.4, -0.2) is 34.6 Å². The van der Waals surface area contributed by atoms with E-state index in [1.807, 2.05) is 51.1 Å². The second kappa shape index (κ2) is 10.5. The zero-order chi connectivity index (χ0) is 23.1. The minimum Gasteiger partial charge on any atom is -0.489 e. The molecule has 7 heteroatoms. The molecule has 0 atom stereocenters. The number of hydrogen-bond donors (Lipinski definition) is 0. The Bertz CT molecular complexity index is 916. The Balaban J connectivity index is 1.55. The number of aryl methyl sites for hydroxylation is 1. The van der Waals surface area contributed by atoms with Gasteiger partial charge in [-0.15, -0.1) is 0 Å². The fourth-order valence-electron chi connectivity index (χ4n) is 3.86. The molecule has 0 saturated carbocycles. The summed E-state index contributed by atoms with van der Waals surface area (Å²) in [6.45, 7) is 7.32. The largest absolute Gasteiger partial charge is 0.489 e. The number of amides is 1. The van der Waals surface area contributed by atoms with Gasteiger partial charge in [0.2, 0.25) is 0 Å². The molecule has 32 heavy (non-hydrogen) atoms. The lowest BCUT2D eigenvalue weighted by Gasteiger charge is -2.33. The minimum atomic E-state index is -0.500. The van der Waals surface area contributed by atoms with Crippen molar-refractivity contribution in [1.82, 2.24) is 4.90 Å². The molecular weight excluding hydrogens is 408 g/mol. The third kappa shape index (κ3) is 6.97. The highest BCUT2D eigenvalue weighted by Gasteiger charge is 2.27. The molecule has 172 valence electrons. The topological polar surface area (TPSA) is 81.9 Å². The van der Waals surface area contributed by atoms with Gasteiger partial charge in [-0.2, -0.15) is 0 Å². The Labute approximate surface area is 189 Å². The summed E-state index contributed by atoms with van der Waals surface area (Å²) >= 11 is 0. The van der Waals surface area contributed by atoms with Gasteiger partial charge in [-0.25, -0.2) is 4.79 Å². The van der Waals surface area contributed by atoms with E-state index >= 15 is 0 Å². The Morgan fingerprint density at radius 2 is 1.81 bits per heavy atom. The van der Waals surface area contributed by atoms with Crippen molar-refractivity contribution < 1.29 is 19.2 Å². The first-order valence-corrected chi connectivity index (χ1v) is 11.1. The molecule has 0 N–H and O–H groups in total. The first-order valence-electron chi connectivity index (χ1n) is 11.1. The molecule has 0 aromatic heterocycles. The maximum absolute atomic E-state index is 12.2. The first kappa shape index (κ1) is 23.6. The van der Waals surface area contributed by atoms with Crippen molar-refractivity contribution in [3.63, 3.8) is 0 Å². The van der Waals surface area contributed by atoms with E-state index < -0.39 is 5.60 Å². The molecule has 1 heterocycles. The van der Waals surface area contributed by atoms with Crippen LogP contribution in [-0.2, 0) is 17.8 Å². The number of nitro benzene ring substituents is 1. The number of piperidine rings is 1. The Kier molecular flexibility index (Phi) is 7.72. The van der Waals surface area contributed by atoms with Crippen LogP contribution in [0, 0.1) is 16.0 Å². The van der Waals surface area contributed by atoms with E-state index in [1.54, 1.807) is 17.0 Å². The molecule has 1 aliphatic heterocycles. The third-order valence-electron chi connectivity index (χ3n) is 5.58. The van der Waals surface area contributed by atoms with Gasteiger partial charge in [0.05, 0.1) is 4.92 Å². The summed E-state index contributed by atoms with van der Waals surface area (Å²) < 4.78 is 11.3. The zero-order valence-corrected chi connectivity index (χ0v) is 19.1. The van der Waals surface area contributed by atoms with Gasteiger partial charge in [-0.3, -0.25) is 10.1 Å². The van der Waals surface area contributed by atoms with Gasteiger partial charge in [0.25, 0.3) is 5.69 Å². The Morgan fingerprint density at radius 1 is 1.12 bits per heavy atom. The van der Waals surface area contributed by atoms with E-state index in [0.717, 1.165) is 24.8 Å². The predicted octanol–water partition coefficient (Wildman–Crippen LogP) is 5.75. The van der Waals surface area contributed by atoms with Crippen LogP contribution in [0.5, 0.6) is 5.75 Å². The van der Waals surface area contributed by atoms with Crippen LogP contribution in [0.2, 0.25) is 0 Å². The van der Waals surface area contributed by atoms with Crippen LogP contribution >= 0.6 is 0 Å². The summed E-state index contributed by atoms with van der Waals surface area (Å²) in [5, 5.41) is 11.5. The summed E-state index contributed by atoms with van der Waals surface area (Å²) in [5.41, 5.74) is 1.36. The fraction of sp³-hybridized carbons (Fsp3) is 0.480. The van der Waals surface area contributed by atoms with Gasteiger partial charge in [0, 0.05) is 24.7 Å². The maximum Gasteiger partial charge on any atom is 0.410 e. The quantitative estimate of drug-likeness (QED) is 0.404. The monoisotopic (exact) mass is 440 g/mol. The average Bonchev–Trinajstić information content (AvgIpc) is 2.76. The van der Waals surface area contributed by atoms with Crippen LogP contribution in [0.3, 0.4) is 0 Å². The molecule has 0 aliphatic carbocycles. The maximum atomic E-state index is 12.2. The van der Waals surface area contributed by atoms with E-state index in [4.69, 9.17) is 9.47 Å². The molecule has 1 saturated heterocycles.